The summed E-state index contributed by atoms with van der Waals surface area (Å²) in [7, 11) is 0. The zero-order valence-electron chi connectivity index (χ0n) is 9.40. The van der Waals surface area contributed by atoms with Crippen molar-refractivity contribution in [1.82, 2.24) is 5.32 Å². The molecule has 0 atom stereocenters. The molecule has 1 N–H and O–H groups in total. The van der Waals surface area contributed by atoms with Gasteiger partial charge >= 0.3 is 0 Å². The Morgan fingerprint density at radius 1 is 1.31 bits per heavy atom. The van der Waals surface area contributed by atoms with Gasteiger partial charge in [-0.15, -0.1) is 11.8 Å². The molecule has 0 saturated heterocycles. The predicted molar refractivity (Wildman–Crippen MR) is 63.7 cm³/mol. The van der Waals surface area contributed by atoms with Gasteiger partial charge in [-0.1, -0.05) is 19.9 Å². The Morgan fingerprint density at radius 3 is 2.46 bits per heavy atom. The van der Waals surface area contributed by atoms with Crippen LogP contribution >= 0.6 is 11.8 Å². The minimum absolute atomic E-state index is 1.18. The fourth-order valence-corrected chi connectivity index (χ4v) is 1.89. The number of rotatable bonds is 1. The largest absolute Gasteiger partial charge is 0.354 e. The first kappa shape index (κ1) is 12.6. The van der Waals surface area contributed by atoms with Gasteiger partial charge in [-0.3, -0.25) is 0 Å². The molecule has 0 amide bonds. The number of nitrogens with one attached hydrogen (secondary N) is 1. The molecule has 1 aliphatic heterocycles. The monoisotopic (exact) mass is 199 g/mol. The van der Waals surface area contributed by atoms with Crippen molar-refractivity contribution in [2.45, 2.75) is 40.5 Å². The van der Waals surface area contributed by atoms with E-state index in [1.165, 1.54) is 29.1 Å². The molecule has 1 heterocycles. The molecule has 0 bridgehead atoms. The van der Waals surface area contributed by atoms with Crippen molar-refractivity contribution in [3.8, 4) is 0 Å². The van der Waals surface area contributed by atoms with Gasteiger partial charge in [0.15, 0.2) is 0 Å². The standard InChI is InChI=1S/C9H15NS.C2H6/c1-7-5-4-6-8(2)10-9(7)11-3;1-2/h6,10H,4-5H2,1-3H3;1-2H3. The van der Waals surface area contributed by atoms with Gasteiger partial charge in [0, 0.05) is 5.70 Å². The molecule has 0 radical (unpaired) electrons. The molecule has 0 aromatic carbocycles. The van der Waals surface area contributed by atoms with E-state index >= 15 is 0 Å². The first-order chi connectivity index (χ1) is 6.24. The predicted octanol–water partition coefficient (Wildman–Crippen LogP) is 3.89. The van der Waals surface area contributed by atoms with Gasteiger partial charge in [-0.25, -0.2) is 0 Å². The van der Waals surface area contributed by atoms with E-state index in [0.717, 1.165) is 0 Å². The first-order valence-corrected chi connectivity index (χ1v) is 6.14. The quantitative estimate of drug-likeness (QED) is 0.687. The van der Waals surface area contributed by atoms with E-state index in [1.807, 2.05) is 13.8 Å². The zero-order valence-corrected chi connectivity index (χ0v) is 10.2. The second-order valence-electron chi connectivity index (χ2n) is 2.86. The van der Waals surface area contributed by atoms with E-state index in [0.29, 0.717) is 0 Å². The van der Waals surface area contributed by atoms with Crippen molar-refractivity contribution < 1.29 is 0 Å². The number of allylic oxidation sites excluding steroid dienone is 3. The second-order valence-corrected chi connectivity index (χ2v) is 3.68. The average Bonchev–Trinajstić information content (AvgIpc) is 2.31. The van der Waals surface area contributed by atoms with Crippen LogP contribution in [0.15, 0.2) is 22.4 Å². The lowest BCUT2D eigenvalue weighted by molar-refractivity contribution is 0.978. The lowest BCUT2D eigenvalue weighted by Crippen LogP contribution is -2.07. The summed E-state index contributed by atoms with van der Waals surface area (Å²) in [5.41, 5.74) is 2.76. The molecule has 13 heavy (non-hydrogen) atoms. The molecule has 0 unspecified atom stereocenters. The molecule has 1 aliphatic rings. The first-order valence-electron chi connectivity index (χ1n) is 4.91. The highest BCUT2D eigenvalue weighted by Crippen LogP contribution is 2.21. The molecule has 76 valence electrons. The summed E-state index contributed by atoms with van der Waals surface area (Å²) in [6, 6.07) is 0. The van der Waals surface area contributed by atoms with Crippen molar-refractivity contribution in [3.63, 3.8) is 0 Å². The molecule has 0 aromatic rings. The minimum atomic E-state index is 1.18. The van der Waals surface area contributed by atoms with Gasteiger partial charge in [-0.2, -0.15) is 0 Å². The molecule has 0 fully saturated rings. The Bertz CT molecular complexity index is 204. The summed E-state index contributed by atoms with van der Waals surface area (Å²) in [5.74, 6) is 0. The van der Waals surface area contributed by atoms with E-state index in [-0.39, 0.29) is 0 Å². The lowest BCUT2D eigenvalue weighted by Gasteiger charge is -2.08. The number of hydrogen-bond acceptors (Lipinski definition) is 2. The van der Waals surface area contributed by atoms with Crippen LogP contribution in [0.5, 0.6) is 0 Å². The lowest BCUT2D eigenvalue weighted by atomic mass is 10.2. The van der Waals surface area contributed by atoms with E-state index in [4.69, 9.17) is 0 Å². The summed E-state index contributed by atoms with van der Waals surface area (Å²) < 4.78 is 0. The van der Waals surface area contributed by atoms with Crippen LogP contribution < -0.4 is 5.32 Å². The summed E-state index contributed by atoms with van der Waals surface area (Å²) in [6.07, 6.45) is 6.74. The van der Waals surface area contributed by atoms with E-state index in [1.54, 1.807) is 11.8 Å². The third-order valence-corrected chi connectivity index (χ3v) is 2.73. The number of thioether (sulfide) groups is 1. The maximum absolute atomic E-state index is 3.38. The van der Waals surface area contributed by atoms with Gasteiger partial charge in [0.25, 0.3) is 0 Å². The molecule has 2 heteroatoms. The van der Waals surface area contributed by atoms with Crippen LogP contribution in [-0.4, -0.2) is 6.26 Å². The Kier molecular flexibility index (Phi) is 6.87. The zero-order chi connectivity index (χ0) is 10.3. The highest BCUT2D eigenvalue weighted by atomic mass is 32.2. The molecule has 0 aliphatic carbocycles. The molecule has 1 rings (SSSR count). The molecular formula is C11H21NS. The maximum atomic E-state index is 3.38. The van der Waals surface area contributed by atoms with E-state index in [2.05, 4.69) is 31.5 Å². The Balaban J connectivity index is 0.000000671. The minimum Gasteiger partial charge on any atom is -0.354 e. The third kappa shape index (κ3) is 4.41. The van der Waals surface area contributed by atoms with Crippen molar-refractivity contribution in [2.75, 3.05) is 6.26 Å². The summed E-state index contributed by atoms with van der Waals surface area (Å²) in [5, 5.41) is 4.71. The molecule has 0 aromatic heterocycles. The van der Waals surface area contributed by atoms with Crippen molar-refractivity contribution in [1.29, 1.82) is 0 Å². The van der Waals surface area contributed by atoms with Crippen LogP contribution in [0.1, 0.15) is 40.5 Å². The highest BCUT2D eigenvalue weighted by molar-refractivity contribution is 8.02. The van der Waals surface area contributed by atoms with Gasteiger partial charge in [0.1, 0.15) is 0 Å². The molecule has 1 nitrogen and oxygen atoms in total. The molecule has 0 spiro atoms. The number of hydrogen-bond donors (Lipinski definition) is 1. The van der Waals surface area contributed by atoms with Crippen molar-refractivity contribution in [2.24, 2.45) is 0 Å². The summed E-state index contributed by atoms with van der Waals surface area (Å²) in [6.45, 7) is 8.32. The fraction of sp³-hybridized carbons (Fsp3) is 0.636. The Labute approximate surface area is 86.7 Å². The van der Waals surface area contributed by atoms with Crippen LogP contribution in [-0.2, 0) is 0 Å². The SMILES string of the molecule is CC.CSC1=C(C)CCC=C(C)N1. The fourth-order valence-electron chi connectivity index (χ4n) is 1.18. The average molecular weight is 199 g/mol. The van der Waals surface area contributed by atoms with Gasteiger partial charge in [0.05, 0.1) is 5.03 Å². The third-order valence-electron chi connectivity index (χ3n) is 1.87. The van der Waals surface area contributed by atoms with Crippen LogP contribution in [0.4, 0.5) is 0 Å². The Morgan fingerprint density at radius 2 is 1.92 bits per heavy atom. The van der Waals surface area contributed by atoms with Crippen LogP contribution in [0.2, 0.25) is 0 Å². The van der Waals surface area contributed by atoms with E-state index < -0.39 is 0 Å². The van der Waals surface area contributed by atoms with Crippen molar-refractivity contribution >= 4 is 11.8 Å². The van der Waals surface area contributed by atoms with Crippen molar-refractivity contribution in [3.05, 3.63) is 22.4 Å². The maximum Gasteiger partial charge on any atom is 0.0709 e. The van der Waals surface area contributed by atoms with Crippen LogP contribution in [0.25, 0.3) is 0 Å². The van der Waals surface area contributed by atoms with E-state index in [9.17, 15) is 0 Å². The molecule has 0 saturated carbocycles. The summed E-state index contributed by atoms with van der Waals surface area (Å²) in [4.78, 5) is 0. The van der Waals surface area contributed by atoms with Gasteiger partial charge < -0.3 is 5.32 Å². The second kappa shape index (κ2) is 7.07. The van der Waals surface area contributed by atoms with Crippen LogP contribution in [0, 0.1) is 0 Å². The summed E-state index contributed by atoms with van der Waals surface area (Å²) >= 11 is 1.80. The van der Waals surface area contributed by atoms with Gasteiger partial charge in [0.2, 0.25) is 0 Å². The molecular weight excluding hydrogens is 178 g/mol. The highest BCUT2D eigenvalue weighted by Gasteiger charge is 2.04. The van der Waals surface area contributed by atoms with Crippen LogP contribution in [0.3, 0.4) is 0 Å². The Hall–Kier alpha value is -0.370. The smallest absolute Gasteiger partial charge is 0.0709 e. The normalized spacial score (nSPS) is 16.5. The topological polar surface area (TPSA) is 12.0 Å². The van der Waals surface area contributed by atoms with Gasteiger partial charge in [-0.05, 0) is 38.5 Å².